The Balaban J connectivity index is 2.09. The fourth-order valence-corrected chi connectivity index (χ4v) is 4.02. The molecule has 1 heterocycles. The molecule has 0 fully saturated rings. The third-order valence-electron chi connectivity index (χ3n) is 5.42. The smallest absolute Gasteiger partial charge is 0.226 e. The quantitative estimate of drug-likeness (QED) is 0.748. The van der Waals surface area contributed by atoms with Crippen LogP contribution in [0.4, 0.5) is 0 Å². The lowest BCUT2D eigenvalue weighted by molar-refractivity contribution is -0.137. The number of hydrogen-bond donors (Lipinski definition) is 0. The van der Waals surface area contributed by atoms with Crippen LogP contribution in [0.5, 0.6) is 11.5 Å². The molecular weight excluding hydrogens is 338 g/mol. The van der Waals surface area contributed by atoms with Crippen LogP contribution in [0.25, 0.3) is 0 Å². The number of hydrogen-bond acceptors (Lipinski definition) is 3. The second-order valence-electron chi connectivity index (χ2n) is 7.19. The summed E-state index contributed by atoms with van der Waals surface area (Å²) in [5.41, 5.74) is 3.47. The van der Waals surface area contributed by atoms with E-state index in [1.54, 1.807) is 14.2 Å². The molecule has 1 aliphatic heterocycles. The predicted molar refractivity (Wildman–Crippen MR) is 107 cm³/mol. The summed E-state index contributed by atoms with van der Waals surface area (Å²) in [7, 11) is 3.31. The fraction of sp³-hybridized carbons (Fsp3) is 0.435. The lowest BCUT2D eigenvalue weighted by Crippen LogP contribution is -2.43. The molecule has 4 nitrogen and oxygen atoms in total. The first kappa shape index (κ1) is 19.3. The normalized spacial score (nSPS) is 17.2. The number of benzene rings is 2. The molecule has 0 aliphatic carbocycles. The second-order valence-corrected chi connectivity index (χ2v) is 7.19. The van der Waals surface area contributed by atoms with Crippen molar-refractivity contribution in [1.29, 1.82) is 0 Å². The molecule has 1 amide bonds. The van der Waals surface area contributed by atoms with Crippen molar-refractivity contribution >= 4 is 5.91 Å². The number of carbonyl (C=O) groups excluding carboxylic acids is 1. The Bertz CT molecular complexity index is 788. The van der Waals surface area contributed by atoms with E-state index in [0.717, 1.165) is 42.7 Å². The largest absolute Gasteiger partial charge is 0.493 e. The Kier molecular flexibility index (Phi) is 6.04. The van der Waals surface area contributed by atoms with E-state index in [2.05, 4.69) is 25.1 Å². The van der Waals surface area contributed by atoms with Gasteiger partial charge in [0.05, 0.1) is 20.3 Å². The van der Waals surface area contributed by atoms with Crippen molar-refractivity contribution in [3.05, 3.63) is 59.2 Å². The molecule has 2 aromatic carbocycles. The fourth-order valence-electron chi connectivity index (χ4n) is 4.02. The zero-order chi connectivity index (χ0) is 19.4. The van der Waals surface area contributed by atoms with Gasteiger partial charge in [-0.1, -0.05) is 50.6 Å². The van der Waals surface area contributed by atoms with Crippen molar-refractivity contribution in [3.8, 4) is 11.5 Å². The van der Waals surface area contributed by atoms with Gasteiger partial charge in [-0.2, -0.15) is 0 Å². The minimum Gasteiger partial charge on any atom is -0.493 e. The van der Waals surface area contributed by atoms with E-state index in [1.807, 2.05) is 36.1 Å². The van der Waals surface area contributed by atoms with Crippen LogP contribution in [0.1, 0.15) is 49.4 Å². The van der Waals surface area contributed by atoms with Crippen LogP contribution in [0.2, 0.25) is 0 Å². The molecule has 144 valence electrons. The van der Waals surface area contributed by atoms with Crippen LogP contribution in [0.3, 0.4) is 0 Å². The maximum Gasteiger partial charge on any atom is 0.226 e. The molecule has 3 rings (SSSR count). The average Bonchev–Trinajstić information content (AvgIpc) is 2.72. The first-order valence-corrected chi connectivity index (χ1v) is 9.70. The van der Waals surface area contributed by atoms with Gasteiger partial charge in [-0.25, -0.2) is 0 Å². The molecule has 2 atom stereocenters. The molecule has 1 aliphatic rings. The number of amides is 1. The Labute approximate surface area is 162 Å². The summed E-state index contributed by atoms with van der Waals surface area (Å²) in [5.74, 6) is 1.70. The Morgan fingerprint density at radius 1 is 1.15 bits per heavy atom. The minimum absolute atomic E-state index is 0.0305. The minimum atomic E-state index is -0.0958. The Morgan fingerprint density at radius 3 is 2.44 bits per heavy atom. The highest BCUT2D eigenvalue weighted by atomic mass is 16.5. The van der Waals surface area contributed by atoms with E-state index in [1.165, 1.54) is 5.56 Å². The zero-order valence-corrected chi connectivity index (χ0v) is 16.7. The van der Waals surface area contributed by atoms with Gasteiger partial charge < -0.3 is 14.4 Å². The predicted octanol–water partition coefficient (Wildman–Crippen LogP) is 4.61. The first-order valence-electron chi connectivity index (χ1n) is 9.70. The van der Waals surface area contributed by atoms with E-state index in [-0.39, 0.29) is 17.9 Å². The maximum absolute atomic E-state index is 13.2. The summed E-state index contributed by atoms with van der Waals surface area (Å²) in [6.45, 7) is 4.88. The van der Waals surface area contributed by atoms with Crippen LogP contribution in [0.15, 0.2) is 42.5 Å². The van der Waals surface area contributed by atoms with Gasteiger partial charge in [0.2, 0.25) is 5.91 Å². The lowest BCUT2D eigenvalue weighted by atomic mass is 9.86. The Hall–Kier alpha value is -2.49. The SMILES string of the molecule is CCC[C@H](C)C(=O)N1CCc2cc(OC)c(OC)cc2[C@H]1c1ccccc1. The van der Waals surface area contributed by atoms with Gasteiger partial charge in [-0.15, -0.1) is 0 Å². The molecule has 0 radical (unpaired) electrons. The number of methoxy groups -OCH3 is 2. The molecule has 27 heavy (non-hydrogen) atoms. The molecule has 0 bridgehead atoms. The molecular formula is C23H29NO3. The van der Waals surface area contributed by atoms with Crippen LogP contribution in [-0.4, -0.2) is 31.6 Å². The maximum atomic E-state index is 13.2. The summed E-state index contributed by atoms with van der Waals surface area (Å²) >= 11 is 0. The number of rotatable bonds is 6. The highest BCUT2D eigenvalue weighted by Crippen LogP contribution is 2.41. The second kappa shape index (κ2) is 8.47. The van der Waals surface area contributed by atoms with E-state index < -0.39 is 0 Å². The monoisotopic (exact) mass is 367 g/mol. The molecule has 0 saturated heterocycles. The Morgan fingerprint density at radius 2 is 1.81 bits per heavy atom. The lowest BCUT2D eigenvalue weighted by Gasteiger charge is -2.39. The number of ether oxygens (including phenoxy) is 2. The highest BCUT2D eigenvalue weighted by molar-refractivity contribution is 5.80. The van der Waals surface area contributed by atoms with E-state index in [9.17, 15) is 4.79 Å². The molecule has 4 heteroatoms. The van der Waals surface area contributed by atoms with Crippen molar-refractivity contribution in [3.63, 3.8) is 0 Å². The van der Waals surface area contributed by atoms with Gasteiger partial charge in [0.1, 0.15) is 0 Å². The van der Waals surface area contributed by atoms with E-state index >= 15 is 0 Å². The molecule has 0 N–H and O–H groups in total. The van der Waals surface area contributed by atoms with Gasteiger partial charge in [0, 0.05) is 12.5 Å². The van der Waals surface area contributed by atoms with Crippen molar-refractivity contribution in [2.45, 2.75) is 39.2 Å². The zero-order valence-electron chi connectivity index (χ0n) is 16.7. The van der Waals surface area contributed by atoms with Crippen LogP contribution >= 0.6 is 0 Å². The van der Waals surface area contributed by atoms with Crippen molar-refractivity contribution in [2.75, 3.05) is 20.8 Å². The van der Waals surface area contributed by atoms with Crippen LogP contribution < -0.4 is 9.47 Å². The number of nitrogens with zero attached hydrogens (tertiary/aromatic N) is 1. The average molecular weight is 367 g/mol. The number of carbonyl (C=O) groups is 1. The summed E-state index contributed by atoms with van der Waals surface area (Å²) < 4.78 is 11.0. The molecule has 0 unspecified atom stereocenters. The summed E-state index contributed by atoms with van der Waals surface area (Å²) in [6, 6.07) is 14.3. The first-order chi connectivity index (χ1) is 13.1. The highest BCUT2D eigenvalue weighted by Gasteiger charge is 2.34. The third kappa shape index (κ3) is 3.80. The number of fused-ring (bicyclic) bond motifs is 1. The van der Waals surface area contributed by atoms with Crippen LogP contribution in [0, 0.1) is 5.92 Å². The van der Waals surface area contributed by atoms with Crippen molar-refractivity contribution in [2.24, 2.45) is 5.92 Å². The van der Waals surface area contributed by atoms with Gasteiger partial charge in [0.15, 0.2) is 11.5 Å². The van der Waals surface area contributed by atoms with Crippen LogP contribution in [-0.2, 0) is 11.2 Å². The summed E-state index contributed by atoms with van der Waals surface area (Å²) in [5, 5.41) is 0. The molecule has 0 spiro atoms. The summed E-state index contributed by atoms with van der Waals surface area (Å²) in [4.78, 5) is 15.3. The molecule has 2 aromatic rings. The van der Waals surface area contributed by atoms with Crippen molar-refractivity contribution in [1.82, 2.24) is 4.90 Å². The van der Waals surface area contributed by atoms with Gasteiger partial charge in [-0.05, 0) is 41.7 Å². The van der Waals surface area contributed by atoms with Gasteiger partial charge in [-0.3, -0.25) is 4.79 Å². The van der Waals surface area contributed by atoms with Gasteiger partial charge in [0.25, 0.3) is 0 Å². The topological polar surface area (TPSA) is 38.8 Å². The van der Waals surface area contributed by atoms with E-state index in [4.69, 9.17) is 9.47 Å². The summed E-state index contributed by atoms with van der Waals surface area (Å²) in [6.07, 6.45) is 2.75. The standard InChI is InChI=1S/C23H29NO3/c1-5-9-16(2)23(25)24-13-12-18-14-20(26-3)21(27-4)15-19(18)22(24)17-10-7-6-8-11-17/h6-8,10-11,14-16,22H,5,9,12-13H2,1-4H3/t16-,22+/m0/s1. The van der Waals surface area contributed by atoms with Gasteiger partial charge >= 0.3 is 0 Å². The van der Waals surface area contributed by atoms with Crippen molar-refractivity contribution < 1.29 is 14.3 Å². The van der Waals surface area contributed by atoms with E-state index in [0.29, 0.717) is 5.75 Å². The molecule has 0 aromatic heterocycles. The molecule has 0 saturated carbocycles. The third-order valence-corrected chi connectivity index (χ3v) is 5.42.